The average Bonchev–Trinajstić information content (AvgIpc) is 3.69. The first kappa shape index (κ1) is 25.6. The first-order chi connectivity index (χ1) is 22.8. The lowest BCUT2D eigenvalue weighted by Crippen LogP contribution is -1.88. The van der Waals surface area contributed by atoms with Crippen LogP contribution in [0.1, 0.15) is 0 Å². The number of hydrogen-bond donors (Lipinski definition) is 0. The van der Waals surface area contributed by atoms with Gasteiger partial charge in [-0.15, -0.1) is 11.3 Å². The summed E-state index contributed by atoms with van der Waals surface area (Å²) in [6.45, 7) is 0. The van der Waals surface area contributed by atoms with Gasteiger partial charge in [-0.2, -0.15) is 0 Å². The van der Waals surface area contributed by atoms with Gasteiger partial charge in [0.15, 0.2) is 0 Å². The van der Waals surface area contributed by atoms with Gasteiger partial charge in [-0.1, -0.05) is 109 Å². The molecule has 2 heteroatoms. The second kappa shape index (κ2) is 9.90. The molecule has 8 aromatic carbocycles. The van der Waals surface area contributed by atoms with Gasteiger partial charge >= 0.3 is 0 Å². The van der Waals surface area contributed by atoms with E-state index in [1.165, 1.54) is 75.1 Å². The van der Waals surface area contributed by atoms with Gasteiger partial charge in [0, 0.05) is 36.5 Å². The summed E-state index contributed by atoms with van der Waals surface area (Å²) in [5.74, 6) is 0. The average molecular weight is 603 g/mol. The van der Waals surface area contributed by atoms with Gasteiger partial charge < -0.3 is 4.42 Å². The highest BCUT2D eigenvalue weighted by Gasteiger charge is 2.20. The van der Waals surface area contributed by atoms with E-state index in [9.17, 15) is 0 Å². The Hall–Kier alpha value is -5.70. The molecule has 0 bridgehead atoms. The van der Waals surface area contributed by atoms with Crippen molar-refractivity contribution in [2.75, 3.05) is 0 Å². The van der Waals surface area contributed by atoms with Crippen LogP contribution < -0.4 is 0 Å². The molecule has 1 nitrogen and oxygen atoms in total. The third-order valence-corrected chi connectivity index (χ3v) is 10.6. The van der Waals surface area contributed by atoms with Gasteiger partial charge in [0.05, 0.1) is 0 Å². The van der Waals surface area contributed by atoms with Crippen LogP contribution in [0.15, 0.2) is 162 Å². The highest BCUT2D eigenvalue weighted by atomic mass is 32.1. The molecule has 10 rings (SSSR count). The molecule has 0 spiro atoms. The molecule has 2 heterocycles. The van der Waals surface area contributed by atoms with Gasteiger partial charge in [0.2, 0.25) is 0 Å². The molecule has 0 N–H and O–H groups in total. The van der Waals surface area contributed by atoms with Crippen molar-refractivity contribution in [2.24, 2.45) is 0 Å². The third kappa shape index (κ3) is 3.94. The summed E-state index contributed by atoms with van der Waals surface area (Å²) in [4.78, 5) is 0. The second-order valence-electron chi connectivity index (χ2n) is 12.1. The van der Waals surface area contributed by atoms with Crippen molar-refractivity contribution >= 4 is 75.0 Å². The number of benzene rings is 8. The van der Waals surface area contributed by atoms with Gasteiger partial charge in [-0.25, -0.2) is 0 Å². The Kier molecular flexibility index (Phi) is 5.51. The highest BCUT2D eigenvalue weighted by Crippen LogP contribution is 2.47. The summed E-state index contributed by atoms with van der Waals surface area (Å²) in [6, 6.07) is 57.4. The SMILES string of the molecule is c1ccc2cc(-c3cc(-c4ccc5ccccc5c4)cc(-c4cc5c6ccccc6oc5c5c4sc4ccccc45)c3)ccc2c1. The van der Waals surface area contributed by atoms with E-state index in [-0.39, 0.29) is 0 Å². The predicted octanol–water partition coefficient (Wildman–Crippen LogP) is 13.3. The smallest absolute Gasteiger partial charge is 0.144 e. The maximum Gasteiger partial charge on any atom is 0.144 e. The number of para-hydroxylation sites is 1. The van der Waals surface area contributed by atoms with E-state index in [2.05, 4.69) is 158 Å². The van der Waals surface area contributed by atoms with Crippen LogP contribution in [0.3, 0.4) is 0 Å². The van der Waals surface area contributed by atoms with Crippen LogP contribution in [0.5, 0.6) is 0 Å². The van der Waals surface area contributed by atoms with E-state index >= 15 is 0 Å². The van der Waals surface area contributed by atoms with Crippen LogP contribution >= 0.6 is 11.3 Å². The third-order valence-electron chi connectivity index (χ3n) is 9.40. The molecule has 0 radical (unpaired) electrons. The second-order valence-corrected chi connectivity index (χ2v) is 13.2. The Morgan fingerprint density at radius 1 is 0.391 bits per heavy atom. The van der Waals surface area contributed by atoms with E-state index in [4.69, 9.17) is 4.42 Å². The molecular formula is C44H26OS. The topological polar surface area (TPSA) is 13.1 Å². The molecule has 10 aromatic rings. The van der Waals surface area contributed by atoms with Crippen LogP contribution in [-0.2, 0) is 0 Å². The fourth-order valence-electron chi connectivity index (χ4n) is 7.13. The quantitative estimate of drug-likeness (QED) is 0.196. The van der Waals surface area contributed by atoms with E-state index in [0.29, 0.717) is 0 Å². The summed E-state index contributed by atoms with van der Waals surface area (Å²) in [6.07, 6.45) is 0. The molecule has 0 saturated carbocycles. The van der Waals surface area contributed by atoms with Crippen LogP contribution in [0.4, 0.5) is 0 Å². The van der Waals surface area contributed by atoms with Crippen molar-refractivity contribution in [1.29, 1.82) is 0 Å². The molecule has 0 fully saturated rings. The maximum absolute atomic E-state index is 6.60. The summed E-state index contributed by atoms with van der Waals surface area (Å²) in [5, 5.41) is 9.75. The zero-order valence-electron chi connectivity index (χ0n) is 24.8. The lowest BCUT2D eigenvalue weighted by atomic mass is 9.91. The first-order valence-electron chi connectivity index (χ1n) is 15.7. The van der Waals surface area contributed by atoms with Gasteiger partial charge in [0.25, 0.3) is 0 Å². The minimum Gasteiger partial charge on any atom is -0.455 e. The van der Waals surface area contributed by atoms with Crippen LogP contribution in [0.2, 0.25) is 0 Å². The molecule has 0 aliphatic carbocycles. The van der Waals surface area contributed by atoms with E-state index in [0.717, 1.165) is 21.9 Å². The number of rotatable bonds is 3. The monoisotopic (exact) mass is 602 g/mol. The van der Waals surface area contributed by atoms with Crippen molar-refractivity contribution in [3.8, 4) is 33.4 Å². The Morgan fingerprint density at radius 2 is 0.957 bits per heavy atom. The summed E-state index contributed by atoms with van der Waals surface area (Å²) in [5.41, 5.74) is 9.17. The minimum absolute atomic E-state index is 0.924. The van der Waals surface area contributed by atoms with E-state index in [1.807, 2.05) is 11.3 Å². The molecule has 0 amide bonds. The van der Waals surface area contributed by atoms with E-state index < -0.39 is 0 Å². The zero-order chi connectivity index (χ0) is 30.2. The van der Waals surface area contributed by atoms with Crippen molar-refractivity contribution in [1.82, 2.24) is 0 Å². The zero-order valence-corrected chi connectivity index (χ0v) is 25.6. The summed E-state index contributed by atoms with van der Waals surface area (Å²) in [7, 11) is 0. The molecule has 0 saturated heterocycles. The number of thiophene rings is 1. The molecule has 214 valence electrons. The van der Waals surface area contributed by atoms with Crippen molar-refractivity contribution < 1.29 is 4.42 Å². The molecule has 0 atom stereocenters. The minimum atomic E-state index is 0.924. The number of furan rings is 1. The van der Waals surface area contributed by atoms with Gasteiger partial charge in [-0.05, 0) is 97.9 Å². The molecule has 0 unspecified atom stereocenters. The Bertz CT molecular complexity index is 2720. The van der Waals surface area contributed by atoms with Gasteiger partial charge in [-0.3, -0.25) is 0 Å². The van der Waals surface area contributed by atoms with Crippen molar-refractivity contribution in [2.45, 2.75) is 0 Å². The van der Waals surface area contributed by atoms with E-state index in [1.54, 1.807) is 0 Å². The Labute approximate surface area is 269 Å². The number of fused-ring (bicyclic) bond motifs is 9. The Morgan fingerprint density at radius 3 is 1.65 bits per heavy atom. The molecule has 0 aliphatic heterocycles. The van der Waals surface area contributed by atoms with Crippen molar-refractivity contribution in [3.63, 3.8) is 0 Å². The highest BCUT2D eigenvalue weighted by molar-refractivity contribution is 7.26. The van der Waals surface area contributed by atoms with Crippen LogP contribution in [-0.4, -0.2) is 0 Å². The normalized spacial score (nSPS) is 11.9. The van der Waals surface area contributed by atoms with Crippen LogP contribution in [0, 0.1) is 0 Å². The number of hydrogen-bond acceptors (Lipinski definition) is 2. The molecule has 2 aromatic heterocycles. The maximum atomic E-state index is 6.60. The molecular weight excluding hydrogens is 577 g/mol. The first-order valence-corrected chi connectivity index (χ1v) is 16.5. The lowest BCUT2D eigenvalue weighted by Gasteiger charge is -2.13. The lowest BCUT2D eigenvalue weighted by molar-refractivity contribution is 0.673. The summed E-state index contributed by atoms with van der Waals surface area (Å²) < 4.78 is 9.13. The fourth-order valence-corrected chi connectivity index (χ4v) is 8.37. The Balaban J connectivity index is 1.30. The predicted molar refractivity (Wildman–Crippen MR) is 198 cm³/mol. The summed E-state index contributed by atoms with van der Waals surface area (Å²) >= 11 is 1.85. The molecule has 46 heavy (non-hydrogen) atoms. The van der Waals surface area contributed by atoms with Gasteiger partial charge in [0.1, 0.15) is 11.2 Å². The molecule has 0 aliphatic rings. The standard InChI is InChI=1S/C44H26OS/c1-3-11-29-21-31(19-17-27(29)9-1)33-23-34(32-20-18-28-10-2-4-12-30(28)22-32)25-35(24-33)38-26-39-36-13-5-7-15-40(36)45-43(39)42-37-14-6-8-16-41(37)46-44(38)42/h1-26H. The largest absolute Gasteiger partial charge is 0.455 e. The van der Waals surface area contributed by atoms with Crippen molar-refractivity contribution in [3.05, 3.63) is 158 Å². The fraction of sp³-hybridized carbons (Fsp3) is 0. The van der Waals surface area contributed by atoms with Crippen LogP contribution in [0.25, 0.3) is 97.0 Å².